The first kappa shape index (κ1) is 26.4. The van der Waals surface area contributed by atoms with E-state index in [1.807, 2.05) is 38.1 Å². The lowest BCUT2D eigenvalue weighted by Crippen LogP contribution is -2.49. The van der Waals surface area contributed by atoms with E-state index in [4.69, 9.17) is 19.2 Å². The van der Waals surface area contributed by atoms with Crippen LogP contribution in [-0.2, 0) is 9.47 Å². The van der Waals surface area contributed by atoms with Gasteiger partial charge in [0.05, 0.1) is 25.9 Å². The van der Waals surface area contributed by atoms with Gasteiger partial charge in [0.25, 0.3) is 0 Å². The summed E-state index contributed by atoms with van der Waals surface area (Å²) in [6, 6.07) is 8.41. The SMILES string of the molecule is COCCOCCCNC(=NCC(C)N1CCN(C)CC1)Nc1ccc(OC(C)C)cc1. The lowest BCUT2D eigenvalue weighted by molar-refractivity contribution is 0.0699. The molecule has 182 valence electrons. The van der Waals surface area contributed by atoms with Crippen molar-refractivity contribution in [2.24, 2.45) is 4.99 Å². The van der Waals surface area contributed by atoms with Gasteiger partial charge in [0, 0.05) is 58.2 Å². The Hall–Kier alpha value is -1.87. The van der Waals surface area contributed by atoms with Crippen LogP contribution in [0.4, 0.5) is 5.69 Å². The minimum Gasteiger partial charge on any atom is -0.491 e. The number of aliphatic imine (C=N–C) groups is 1. The number of rotatable bonds is 13. The van der Waals surface area contributed by atoms with E-state index < -0.39 is 0 Å². The molecule has 0 aromatic heterocycles. The molecule has 0 saturated carbocycles. The molecule has 0 bridgehead atoms. The van der Waals surface area contributed by atoms with Crippen LogP contribution in [0.25, 0.3) is 0 Å². The average molecular weight is 450 g/mol. The number of hydrogen-bond acceptors (Lipinski definition) is 6. The zero-order chi connectivity index (χ0) is 23.2. The van der Waals surface area contributed by atoms with Gasteiger partial charge in [0.1, 0.15) is 5.75 Å². The first-order chi connectivity index (χ1) is 15.5. The molecule has 0 aliphatic carbocycles. The van der Waals surface area contributed by atoms with Gasteiger partial charge < -0.3 is 29.7 Å². The molecule has 1 aromatic rings. The van der Waals surface area contributed by atoms with Crippen LogP contribution < -0.4 is 15.4 Å². The van der Waals surface area contributed by atoms with Crippen LogP contribution in [-0.4, -0.2) is 101 Å². The Balaban J connectivity index is 1.90. The molecule has 1 aliphatic rings. The number of guanidine groups is 1. The highest BCUT2D eigenvalue weighted by Crippen LogP contribution is 2.17. The molecule has 1 aliphatic heterocycles. The number of ether oxygens (including phenoxy) is 3. The van der Waals surface area contributed by atoms with Gasteiger partial charge in [0.2, 0.25) is 0 Å². The van der Waals surface area contributed by atoms with Crippen molar-refractivity contribution in [3.63, 3.8) is 0 Å². The molecule has 1 unspecified atom stereocenters. The molecule has 2 rings (SSSR count). The number of methoxy groups -OCH3 is 1. The van der Waals surface area contributed by atoms with E-state index in [0.717, 1.165) is 63.1 Å². The standard InChI is InChI=1S/C24H43N5O3/c1-20(2)32-23-9-7-22(8-10-23)27-24(25-11-6-16-31-18-17-30-5)26-19-21(3)29-14-12-28(4)13-15-29/h7-10,20-21H,6,11-19H2,1-5H3,(H2,25,26,27). The molecule has 1 fully saturated rings. The maximum Gasteiger partial charge on any atom is 0.195 e. The van der Waals surface area contributed by atoms with Gasteiger partial charge in [-0.25, -0.2) is 0 Å². The fourth-order valence-electron chi connectivity index (χ4n) is 3.39. The molecule has 1 aromatic carbocycles. The van der Waals surface area contributed by atoms with Crippen molar-refractivity contribution in [1.29, 1.82) is 0 Å². The Bertz CT molecular complexity index is 646. The number of nitrogens with one attached hydrogen (secondary N) is 2. The second kappa shape index (κ2) is 15.1. The molecule has 32 heavy (non-hydrogen) atoms. The van der Waals surface area contributed by atoms with Crippen LogP contribution in [0.1, 0.15) is 27.2 Å². The molecule has 1 heterocycles. The molecule has 1 atom stereocenters. The summed E-state index contributed by atoms with van der Waals surface area (Å²) in [5, 5.41) is 6.87. The van der Waals surface area contributed by atoms with E-state index in [1.54, 1.807) is 7.11 Å². The molecule has 0 amide bonds. The third kappa shape index (κ3) is 10.6. The second-order valence-electron chi connectivity index (χ2n) is 8.58. The van der Waals surface area contributed by atoms with Crippen molar-refractivity contribution in [3.05, 3.63) is 24.3 Å². The number of anilines is 1. The molecule has 1 saturated heterocycles. The van der Waals surface area contributed by atoms with Crippen LogP contribution in [0.3, 0.4) is 0 Å². The number of benzene rings is 1. The van der Waals surface area contributed by atoms with Crippen molar-refractivity contribution in [1.82, 2.24) is 15.1 Å². The predicted molar refractivity (Wildman–Crippen MR) is 132 cm³/mol. The van der Waals surface area contributed by atoms with Crippen LogP contribution in [0.2, 0.25) is 0 Å². The number of likely N-dealkylation sites (N-methyl/N-ethyl adjacent to an activating group) is 1. The second-order valence-corrected chi connectivity index (χ2v) is 8.58. The minimum absolute atomic E-state index is 0.162. The summed E-state index contributed by atoms with van der Waals surface area (Å²) in [6.07, 6.45) is 1.06. The van der Waals surface area contributed by atoms with Crippen molar-refractivity contribution in [3.8, 4) is 5.75 Å². The largest absolute Gasteiger partial charge is 0.491 e. The molecule has 8 heteroatoms. The van der Waals surface area contributed by atoms with Crippen molar-refractivity contribution < 1.29 is 14.2 Å². The van der Waals surface area contributed by atoms with Gasteiger partial charge in [-0.3, -0.25) is 9.89 Å². The quantitative estimate of drug-likeness (QED) is 0.272. The molecular formula is C24H43N5O3. The van der Waals surface area contributed by atoms with E-state index in [0.29, 0.717) is 25.9 Å². The smallest absolute Gasteiger partial charge is 0.195 e. The lowest BCUT2D eigenvalue weighted by atomic mass is 10.2. The van der Waals surface area contributed by atoms with Gasteiger partial charge in [-0.2, -0.15) is 0 Å². The highest BCUT2D eigenvalue weighted by atomic mass is 16.5. The van der Waals surface area contributed by atoms with Crippen LogP contribution >= 0.6 is 0 Å². The third-order valence-corrected chi connectivity index (χ3v) is 5.35. The highest BCUT2D eigenvalue weighted by Gasteiger charge is 2.18. The molecule has 8 nitrogen and oxygen atoms in total. The van der Waals surface area contributed by atoms with Crippen molar-refractivity contribution in [2.45, 2.75) is 39.3 Å². The zero-order valence-electron chi connectivity index (χ0n) is 20.6. The van der Waals surface area contributed by atoms with Gasteiger partial charge in [-0.15, -0.1) is 0 Å². The van der Waals surface area contributed by atoms with Crippen molar-refractivity contribution >= 4 is 11.6 Å². The fourth-order valence-corrected chi connectivity index (χ4v) is 3.39. The first-order valence-electron chi connectivity index (χ1n) is 11.8. The normalized spacial score (nSPS) is 16.9. The minimum atomic E-state index is 0.162. The Labute approximate surface area is 194 Å². The van der Waals surface area contributed by atoms with Gasteiger partial charge in [-0.1, -0.05) is 0 Å². The molecule has 0 spiro atoms. The Morgan fingerprint density at radius 1 is 1.03 bits per heavy atom. The molecule has 2 N–H and O–H groups in total. The third-order valence-electron chi connectivity index (χ3n) is 5.35. The highest BCUT2D eigenvalue weighted by molar-refractivity contribution is 5.93. The van der Waals surface area contributed by atoms with E-state index >= 15 is 0 Å². The average Bonchev–Trinajstić information content (AvgIpc) is 2.77. The van der Waals surface area contributed by atoms with Crippen LogP contribution in [0.15, 0.2) is 29.3 Å². The number of piperazine rings is 1. The van der Waals surface area contributed by atoms with E-state index in [1.165, 1.54) is 0 Å². The topological polar surface area (TPSA) is 70.6 Å². The van der Waals surface area contributed by atoms with Crippen LogP contribution in [0, 0.1) is 0 Å². The fraction of sp³-hybridized carbons (Fsp3) is 0.708. The van der Waals surface area contributed by atoms with E-state index in [2.05, 4.69) is 34.4 Å². The van der Waals surface area contributed by atoms with Gasteiger partial charge in [0.15, 0.2) is 5.96 Å². The molecular weight excluding hydrogens is 406 g/mol. The number of hydrogen-bond donors (Lipinski definition) is 2. The molecule has 0 radical (unpaired) electrons. The monoisotopic (exact) mass is 449 g/mol. The Morgan fingerprint density at radius 2 is 1.75 bits per heavy atom. The first-order valence-corrected chi connectivity index (χ1v) is 11.8. The Morgan fingerprint density at radius 3 is 2.41 bits per heavy atom. The van der Waals surface area contributed by atoms with Crippen LogP contribution in [0.5, 0.6) is 5.75 Å². The summed E-state index contributed by atoms with van der Waals surface area (Å²) >= 11 is 0. The van der Waals surface area contributed by atoms with Crippen molar-refractivity contribution in [2.75, 3.05) is 78.6 Å². The summed E-state index contributed by atoms with van der Waals surface area (Å²) in [4.78, 5) is 9.77. The predicted octanol–water partition coefficient (Wildman–Crippen LogP) is 2.52. The summed E-state index contributed by atoms with van der Waals surface area (Å²) in [5.74, 6) is 1.66. The summed E-state index contributed by atoms with van der Waals surface area (Å²) in [7, 11) is 3.87. The lowest BCUT2D eigenvalue weighted by Gasteiger charge is -2.35. The maximum atomic E-state index is 5.74. The van der Waals surface area contributed by atoms with Gasteiger partial charge in [-0.05, 0) is 58.5 Å². The van der Waals surface area contributed by atoms with E-state index in [9.17, 15) is 0 Å². The Kier molecular flexibility index (Phi) is 12.4. The summed E-state index contributed by atoms with van der Waals surface area (Å²) in [6.45, 7) is 14.2. The summed E-state index contributed by atoms with van der Waals surface area (Å²) < 4.78 is 16.3. The van der Waals surface area contributed by atoms with E-state index in [-0.39, 0.29) is 6.10 Å². The van der Waals surface area contributed by atoms with Gasteiger partial charge >= 0.3 is 0 Å². The summed E-state index contributed by atoms with van der Waals surface area (Å²) in [5.41, 5.74) is 0.982. The zero-order valence-corrected chi connectivity index (χ0v) is 20.6. The number of nitrogens with zero attached hydrogens (tertiary/aromatic N) is 3. The maximum absolute atomic E-state index is 5.74.